The number of furan rings is 1. The van der Waals surface area contributed by atoms with Crippen LogP contribution in [0.4, 0.5) is 0 Å². The van der Waals surface area contributed by atoms with Crippen molar-refractivity contribution in [2.45, 2.75) is 18.4 Å². The minimum absolute atomic E-state index is 0.144. The molecule has 0 aliphatic carbocycles. The molecular weight excluding hydrogens is 378 g/mol. The van der Waals surface area contributed by atoms with Gasteiger partial charge in [0.05, 0.1) is 23.1 Å². The van der Waals surface area contributed by atoms with Gasteiger partial charge in [-0.15, -0.1) is 0 Å². The van der Waals surface area contributed by atoms with E-state index in [1.807, 2.05) is 18.2 Å². The number of aromatic nitrogens is 2. The van der Waals surface area contributed by atoms with Gasteiger partial charge in [-0.25, -0.2) is 18.1 Å². The van der Waals surface area contributed by atoms with Gasteiger partial charge in [-0.2, -0.15) is 0 Å². The molecule has 0 bridgehead atoms. The molecule has 0 spiro atoms. The smallest absolute Gasteiger partial charge is 0.240 e. The molecule has 3 heterocycles. The highest BCUT2D eigenvalue weighted by Gasteiger charge is 2.14. The quantitative estimate of drug-likeness (QED) is 0.533. The Hall–Kier alpha value is -3.23. The molecule has 0 saturated heterocycles. The van der Waals surface area contributed by atoms with Gasteiger partial charge in [-0.1, -0.05) is 18.2 Å². The first-order chi connectivity index (χ1) is 13.5. The average Bonchev–Trinajstić information content (AvgIpc) is 3.39. The van der Waals surface area contributed by atoms with Crippen molar-refractivity contribution in [3.05, 3.63) is 78.9 Å². The second-order valence-electron chi connectivity index (χ2n) is 6.16. The van der Waals surface area contributed by atoms with Gasteiger partial charge in [-0.3, -0.25) is 4.98 Å². The lowest BCUT2D eigenvalue weighted by Crippen LogP contribution is -2.23. The molecule has 1 aromatic carbocycles. The van der Waals surface area contributed by atoms with Crippen LogP contribution < -0.4 is 4.72 Å². The highest BCUT2D eigenvalue weighted by molar-refractivity contribution is 7.89. The van der Waals surface area contributed by atoms with Crippen LogP contribution in [-0.4, -0.2) is 18.4 Å². The van der Waals surface area contributed by atoms with Gasteiger partial charge in [-0.05, 0) is 29.8 Å². The van der Waals surface area contributed by atoms with E-state index in [1.54, 1.807) is 49.9 Å². The van der Waals surface area contributed by atoms with Crippen LogP contribution in [0.15, 0.2) is 81.2 Å². The van der Waals surface area contributed by atoms with Gasteiger partial charge < -0.3 is 8.83 Å². The highest BCUT2D eigenvalue weighted by atomic mass is 32.2. The maximum atomic E-state index is 12.5. The molecule has 0 fully saturated rings. The van der Waals surface area contributed by atoms with Crippen molar-refractivity contribution in [1.82, 2.24) is 14.7 Å². The monoisotopic (exact) mass is 395 g/mol. The Balaban J connectivity index is 1.44. The van der Waals surface area contributed by atoms with Gasteiger partial charge in [0.25, 0.3) is 0 Å². The fourth-order valence-electron chi connectivity index (χ4n) is 2.67. The molecule has 4 aromatic rings. The summed E-state index contributed by atoms with van der Waals surface area (Å²) in [6.45, 7) is 1.90. The summed E-state index contributed by atoms with van der Waals surface area (Å²) in [5.41, 5.74) is 3.84. The topological polar surface area (TPSA) is 98.2 Å². The number of hydrogen-bond acceptors (Lipinski definition) is 6. The zero-order chi connectivity index (χ0) is 19.6. The summed E-state index contributed by atoms with van der Waals surface area (Å²) in [6.07, 6.45) is 6.36. The minimum Gasteiger partial charge on any atom is -0.472 e. The maximum absolute atomic E-state index is 12.5. The molecule has 3 aromatic heterocycles. The van der Waals surface area contributed by atoms with Crippen LogP contribution >= 0.6 is 0 Å². The van der Waals surface area contributed by atoms with Gasteiger partial charge in [0, 0.05) is 30.8 Å². The summed E-state index contributed by atoms with van der Waals surface area (Å²) in [6, 6.07) is 12.0. The molecular formula is C20H17N3O4S. The Kier molecular flexibility index (Phi) is 4.81. The number of pyridine rings is 1. The second-order valence-corrected chi connectivity index (χ2v) is 7.93. The Bertz CT molecular complexity index is 1160. The molecule has 4 rings (SSSR count). The molecule has 0 aliphatic heterocycles. The zero-order valence-corrected chi connectivity index (χ0v) is 15.8. The number of hydrogen-bond donors (Lipinski definition) is 1. The first-order valence-electron chi connectivity index (χ1n) is 8.51. The number of nitrogens with one attached hydrogen (secondary N) is 1. The predicted octanol–water partition coefficient (Wildman–Crippen LogP) is 3.78. The average molecular weight is 395 g/mol. The van der Waals surface area contributed by atoms with Gasteiger partial charge in [0.15, 0.2) is 5.89 Å². The van der Waals surface area contributed by atoms with Crippen molar-refractivity contribution in [3.8, 4) is 22.5 Å². The third kappa shape index (κ3) is 3.88. The summed E-state index contributed by atoms with van der Waals surface area (Å²) >= 11 is 0. The Morgan fingerprint density at radius 3 is 2.39 bits per heavy atom. The van der Waals surface area contributed by atoms with Crippen LogP contribution in [0.5, 0.6) is 0 Å². The van der Waals surface area contributed by atoms with Crippen molar-refractivity contribution in [2.24, 2.45) is 0 Å². The largest absolute Gasteiger partial charge is 0.472 e. The number of benzene rings is 1. The molecule has 0 unspecified atom stereocenters. The van der Waals surface area contributed by atoms with Gasteiger partial charge >= 0.3 is 0 Å². The number of sulfonamides is 1. The van der Waals surface area contributed by atoms with E-state index in [0.717, 1.165) is 22.4 Å². The van der Waals surface area contributed by atoms with E-state index < -0.39 is 10.0 Å². The number of oxazole rings is 1. The summed E-state index contributed by atoms with van der Waals surface area (Å²) in [7, 11) is -3.64. The first kappa shape index (κ1) is 18.1. The van der Waals surface area contributed by atoms with Gasteiger partial charge in [0.1, 0.15) is 12.0 Å². The third-order valence-electron chi connectivity index (χ3n) is 4.19. The van der Waals surface area contributed by atoms with Crippen LogP contribution in [-0.2, 0) is 16.6 Å². The van der Waals surface area contributed by atoms with E-state index in [0.29, 0.717) is 11.6 Å². The summed E-state index contributed by atoms with van der Waals surface area (Å²) in [5, 5.41) is 0. The normalized spacial score (nSPS) is 11.6. The van der Waals surface area contributed by atoms with Crippen LogP contribution in [0.25, 0.3) is 22.5 Å². The Morgan fingerprint density at radius 2 is 1.79 bits per heavy atom. The molecule has 7 nitrogen and oxygen atoms in total. The first-order valence-corrected chi connectivity index (χ1v) is 9.99. The van der Waals surface area contributed by atoms with E-state index in [2.05, 4.69) is 14.7 Å². The number of aryl methyl sites for hydroxylation is 1. The van der Waals surface area contributed by atoms with Crippen LogP contribution in [0.1, 0.15) is 11.5 Å². The second kappa shape index (κ2) is 7.41. The fraction of sp³-hybridized carbons (Fsp3) is 0.100. The molecule has 1 N–H and O–H groups in total. The van der Waals surface area contributed by atoms with Crippen molar-refractivity contribution in [3.63, 3.8) is 0 Å². The van der Waals surface area contributed by atoms with Crippen molar-refractivity contribution >= 4 is 10.0 Å². The van der Waals surface area contributed by atoms with E-state index in [-0.39, 0.29) is 11.4 Å². The maximum Gasteiger partial charge on any atom is 0.240 e. The van der Waals surface area contributed by atoms with Crippen LogP contribution in [0.2, 0.25) is 0 Å². The third-order valence-corrected chi connectivity index (χ3v) is 5.60. The molecule has 142 valence electrons. The van der Waals surface area contributed by atoms with E-state index >= 15 is 0 Å². The SMILES string of the molecule is Cc1nc(-c2ccc(S(=O)(=O)NCc3ccc(-c4ccoc4)nc3)cc2)co1. The Labute approximate surface area is 162 Å². The highest BCUT2D eigenvalue weighted by Crippen LogP contribution is 2.21. The van der Waals surface area contributed by atoms with E-state index in [4.69, 9.17) is 8.83 Å². The zero-order valence-electron chi connectivity index (χ0n) is 15.0. The lowest BCUT2D eigenvalue weighted by Gasteiger charge is -2.08. The molecule has 28 heavy (non-hydrogen) atoms. The summed E-state index contributed by atoms with van der Waals surface area (Å²) < 4.78 is 37.9. The van der Waals surface area contributed by atoms with Gasteiger partial charge in [0.2, 0.25) is 10.0 Å². The molecule has 0 aliphatic rings. The van der Waals surface area contributed by atoms with Crippen molar-refractivity contribution in [1.29, 1.82) is 0 Å². The van der Waals surface area contributed by atoms with Crippen LogP contribution in [0.3, 0.4) is 0 Å². The van der Waals surface area contributed by atoms with E-state index in [9.17, 15) is 8.42 Å². The van der Waals surface area contributed by atoms with Crippen molar-refractivity contribution < 1.29 is 17.3 Å². The predicted molar refractivity (Wildman–Crippen MR) is 103 cm³/mol. The van der Waals surface area contributed by atoms with Crippen molar-refractivity contribution in [2.75, 3.05) is 0 Å². The lowest BCUT2D eigenvalue weighted by molar-refractivity contribution is 0.521. The number of nitrogens with zero attached hydrogens (tertiary/aromatic N) is 2. The standard InChI is InChI=1S/C20H17N3O4S/c1-14-23-20(13-27-14)16-3-5-18(6-4-16)28(24,25)22-11-15-2-7-19(21-10-15)17-8-9-26-12-17/h2-10,12-13,22H,11H2,1H3. The van der Waals surface area contributed by atoms with Crippen LogP contribution in [0, 0.1) is 6.92 Å². The molecule has 8 heteroatoms. The molecule has 0 radical (unpaired) electrons. The van der Waals surface area contributed by atoms with E-state index in [1.165, 1.54) is 6.26 Å². The molecule has 0 saturated carbocycles. The Morgan fingerprint density at radius 1 is 0.964 bits per heavy atom. The summed E-state index contributed by atoms with van der Waals surface area (Å²) in [4.78, 5) is 8.74. The lowest BCUT2D eigenvalue weighted by atomic mass is 10.2. The summed E-state index contributed by atoms with van der Waals surface area (Å²) in [5.74, 6) is 0.556. The molecule has 0 atom stereocenters. The molecule has 0 amide bonds. The number of rotatable bonds is 6. The fourth-order valence-corrected chi connectivity index (χ4v) is 3.69. The minimum atomic E-state index is -3.64.